The number of piperazine rings is 1. The van der Waals surface area contributed by atoms with Crippen molar-refractivity contribution in [2.45, 2.75) is 121 Å². The van der Waals surface area contributed by atoms with Gasteiger partial charge in [0.2, 0.25) is 11.2 Å². The van der Waals surface area contributed by atoms with E-state index in [0.717, 1.165) is 18.9 Å². The number of aliphatic hydroxyl groups excluding tert-OH is 1. The minimum absolute atomic E-state index is 0.0242. The zero-order valence-electron chi connectivity index (χ0n) is 35.2. The molecule has 0 bridgehead atoms. The first kappa shape index (κ1) is 41.7. The number of aromatic nitrogens is 1. The lowest BCUT2D eigenvalue weighted by atomic mass is 9.44. The molecule has 9 rings (SSSR count). The molecular formula is C45H53F2N3O11. The molecule has 0 radical (unpaired) electrons. The van der Waals surface area contributed by atoms with E-state index in [1.165, 1.54) is 19.4 Å². The van der Waals surface area contributed by atoms with Crippen molar-refractivity contribution in [1.29, 1.82) is 0 Å². The van der Waals surface area contributed by atoms with Gasteiger partial charge in [-0.2, -0.15) is 0 Å². The second-order valence-electron chi connectivity index (χ2n) is 18.9. The van der Waals surface area contributed by atoms with Crippen LogP contribution in [0.3, 0.4) is 0 Å². The van der Waals surface area contributed by atoms with E-state index in [1.807, 2.05) is 11.8 Å². The number of alkyl halides is 1. The standard InChI is InChI=1S/C45H53F2N3O11/c1-23-19-49(15-14-48(23)21-33-24(2)60-41(56)61-33)37-32(46)17-28-36(39(37)58-5)50(26-7-8-26)20-29(38(28)54)40(55)59-22-35(53)44(57)13-11-30-31-9-6-25-16-27(51)10-12-42(25,3)45(31,47)34(52)18-43(30,44)4/h16-17,20,23,26,30-31,34,52,57H,6-15,18-19,21-22H2,1-5H3/t23?,30-,31-,34-,42-,43-,44-,45-/m0/s1. The lowest BCUT2D eigenvalue weighted by molar-refractivity contribution is -0.226. The van der Waals surface area contributed by atoms with Crippen molar-refractivity contribution in [3.63, 3.8) is 0 Å². The number of pyridine rings is 1. The summed E-state index contributed by atoms with van der Waals surface area (Å²) < 4.78 is 57.3. The van der Waals surface area contributed by atoms with E-state index in [0.29, 0.717) is 68.1 Å². The average molecular weight is 850 g/mol. The fourth-order valence-corrected chi connectivity index (χ4v) is 12.2. The molecule has 5 fully saturated rings. The highest BCUT2D eigenvalue weighted by atomic mass is 19.1. The molecule has 16 heteroatoms. The van der Waals surface area contributed by atoms with E-state index in [1.54, 1.807) is 25.3 Å². The Hall–Kier alpha value is -4.67. The van der Waals surface area contributed by atoms with Crippen molar-refractivity contribution in [1.82, 2.24) is 9.47 Å². The van der Waals surface area contributed by atoms with Gasteiger partial charge in [-0.3, -0.25) is 19.3 Å². The summed E-state index contributed by atoms with van der Waals surface area (Å²) in [5.74, 6) is -3.66. The molecule has 1 aliphatic heterocycles. The minimum Gasteiger partial charge on any atom is -0.492 e. The topological polar surface area (TPSA) is 182 Å². The number of halogens is 2. The summed E-state index contributed by atoms with van der Waals surface area (Å²) in [6, 6.07) is 0.876. The zero-order valence-corrected chi connectivity index (χ0v) is 35.2. The number of carbonyl (C=O) groups excluding carboxylic acids is 3. The van der Waals surface area contributed by atoms with Gasteiger partial charge in [-0.1, -0.05) is 19.4 Å². The van der Waals surface area contributed by atoms with Crippen molar-refractivity contribution in [3.8, 4) is 5.75 Å². The van der Waals surface area contributed by atoms with Gasteiger partial charge in [0, 0.05) is 61.1 Å². The third-order valence-electron chi connectivity index (χ3n) is 15.8. The molecule has 1 aromatic carbocycles. The highest BCUT2D eigenvalue weighted by Crippen LogP contribution is 2.70. The van der Waals surface area contributed by atoms with Crippen molar-refractivity contribution in [2.75, 3.05) is 38.3 Å². The number of fused-ring (bicyclic) bond motifs is 6. The third-order valence-corrected chi connectivity index (χ3v) is 15.8. The molecule has 2 N–H and O–H groups in total. The number of hydrogen-bond donors (Lipinski definition) is 2. The molecule has 1 saturated heterocycles. The summed E-state index contributed by atoms with van der Waals surface area (Å²) in [7, 11) is 1.40. The van der Waals surface area contributed by atoms with Crippen LogP contribution in [0.25, 0.3) is 10.9 Å². The van der Waals surface area contributed by atoms with Crippen LogP contribution in [0.2, 0.25) is 0 Å². The Kier molecular flexibility index (Phi) is 9.87. The number of hydrogen-bond acceptors (Lipinski definition) is 13. The highest BCUT2D eigenvalue weighted by molar-refractivity contribution is 5.99. The first-order chi connectivity index (χ1) is 28.9. The average Bonchev–Trinajstić information content (AvgIpc) is 3.96. The van der Waals surface area contributed by atoms with Crippen molar-refractivity contribution < 1.29 is 51.7 Å². The first-order valence-electron chi connectivity index (χ1n) is 21.4. The highest BCUT2D eigenvalue weighted by Gasteiger charge is 2.74. The molecule has 61 heavy (non-hydrogen) atoms. The lowest BCUT2D eigenvalue weighted by Gasteiger charge is -2.63. The van der Waals surface area contributed by atoms with Crippen molar-refractivity contribution in [3.05, 3.63) is 67.7 Å². The quantitative estimate of drug-likeness (QED) is 0.272. The van der Waals surface area contributed by atoms with E-state index in [9.17, 15) is 34.2 Å². The van der Waals surface area contributed by atoms with Crippen LogP contribution >= 0.6 is 0 Å². The molecule has 0 amide bonds. The van der Waals surface area contributed by atoms with Crippen LogP contribution in [0.1, 0.15) is 106 Å². The molecule has 1 unspecified atom stereocenters. The summed E-state index contributed by atoms with van der Waals surface area (Å²) in [5.41, 5.74) is -6.43. The molecular weight excluding hydrogens is 797 g/mol. The molecule has 5 aliphatic carbocycles. The van der Waals surface area contributed by atoms with Gasteiger partial charge in [-0.25, -0.2) is 18.4 Å². The van der Waals surface area contributed by atoms with Gasteiger partial charge in [0.25, 0.3) is 0 Å². The Morgan fingerprint density at radius 2 is 1.79 bits per heavy atom. The van der Waals surface area contributed by atoms with E-state index in [4.69, 9.17) is 18.3 Å². The fraction of sp³-hybridized carbons (Fsp3) is 0.622. The van der Waals surface area contributed by atoms with E-state index >= 15 is 8.78 Å². The number of aliphatic hydroxyl groups is 2. The molecule has 3 aromatic rings. The molecule has 8 atom stereocenters. The number of carbonyl (C=O) groups is 3. The molecule has 328 valence electrons. The van der Waals surface area contributed by atoms with Crippen LogP contribution in [-0.2, 0) is 20.9 Å². The van der Waals surface area contributed by atoms with E-state index in [-0.39, 0.29) is 60.4 Å². The van der Waals surface area contributed by atoms with Gasteiger partial charge in [-0.15, -0.1) is 0 Å². The summed E-state index contributed by atoms with van der Waals surface area (Å²) in [5, 5.41) is 23.8. The number of methoxy groups -OCH3 is 1. The van der Waals surface area contributed by atoms with Gasteiger partial charge in [0.15, 0.2) is 29.7 Å². The number of aryl methyl sites for hydroxylation is 1. The largest absolute Gasteiger partial charge is 0.519 e. The maximum Gasteiger partial charge on any atom is 0.519 e. The van der Waals surface area contributed by atoms with E-state index < -0.39 is 81.0 Å². The number of ether oxygens (including phenoxy) is 2. The van der Waals surface area contributed by atoms with Gasteiger partial charge in [0.1, 0.15) is 28.3 Å². The molecule has 4 saturated carbocycles. The Morgan fingerprint density at radius 3 is 2.46 bits per heavy atom. The van der Waals surface area contributed by atoms with E-state index in [2.05, 4.69) is 4.90 Å². The number of rotatable bonds is 9. The number of allylic oxidation sites excluding steroid dienone is 1. The van der Waals surface area contributed by atoms with Crippen LogP contribution in [0.5, 0.6) is 5.75 Å². The predicted molar refractivity (Wildman–Crippen MR) is 216 cm³/mol. The monoisotopic (exact) mass is 849 g/mol. The van der Waals surface area contributed by atoms with Crippen molar-refractivity contribution >= 4 is 34.1 Å². The number of anilines is 1. The molecule has 3 heterocycles. The minimum atomic E-state index is -2.06. The number of nitrogens with zero attached hydrogens (tertiary/aromatic N) is 3. The molecule has 6 aliphatic rings. The van der Waals surface area contributed by atoms with Crippen molar-refractivity contribution in [2.24, 2.45) is 22.7 Å². The van der Waals surface area contributed by atoms with Gasteiger partial charge in [-0.05, 0) is 83.3 Å². The van der Waals surface area contributed by atoms with Crippen LogP contribution in [0, 0.1) is 35.4 Å². The maximum atomic E-state index is 17.6. The summed E-state index contributed by atoms with van der Waals surface area (Å²) >= 11 is 0. The number of Topliss-reactive ketones (excluding diaryl/α,β-unsaturated/α-hetero) is 1. The summed E-state index contributed by atoms with van der Waals surface area (Å²) in [6.45, 7) is 7.81. The second-order valence-corrected chi connectivity index (χ2v) is 18.9. The van der Waals surface area contributed by atoms with Crippen LogP contribution in [0.15, 0.2) is 42.3 Å². The van der Waals surface area contributed by atoms with Gasteiger partial charge < -0.3 is 38.0 Å². The number of benzene rings is 1. The lowest BCUT2D eigenvalue weighted by Crippen LogP contribution is -2.69. The van der Waals surface area contributed by atoms with Crippen LogP contribution in [-0.4, -0.2) is 94.0 Å². The zero-order chi connectivity index (χ0) is 43.6. The predicted octanol–water partition coefficient (Wildman–Crippen LogP) is 5.10. The number of ketones is 2. The number of esters is 1. The Morgan fingerprint density at radius 1 is 1.03 bits per heavy atom. The first-order valence-corrected chi connectivity index (χ1v) is 21.4. The van der Waals surface area contributed by atoms with Gasteiger partial charge in [0.05, 0.1) is 30.7 Å². The Labute approximate surface area is 350 Å². The molecule has 0 spiro atoms. The van der Waals surface area contributed by atoms with Crippen LogP contribution in [0.4, 0.5) is 14.5 Å². The summed E-state index contributed by atoms with van der Waals surface area (Å²) in [6.07, 6.45) is 4.22. The Bertz CT molecular complexity index is 2510. The Balaban J connectivity index is 0.955. The molecule has 2 aromatic heterocycles. The fourth-order valence-electron chi connectivity index (χ4n) is 12.2. The smallest absolute Gasteiger partial charge is 0.492 e. The second kappa shape index (κ2) is 14.4. The third kappa shape index (κ3) is 6.12. The maximum absolute atomic E-state index is 17.6. The van der Waals surface area contributed by atoms with Gasteiger partial charge >= 0.3 is 11.8 Å². The van der Waals surface area contributed by atoms with Crippen LogP contribution < -0.4 is 20.9 Å². The SMILES string of the molecule is COc1c(N2CCN(Cc3oc(=O)oc3C)C(C)C2)c(F)cc2c(=O)c(C(=O)OCC(=O)[C@@]3(O)CC[C@H]4[C@@H]5CCC6=CC(=O)CC[C@]6(C)[C@@]5(F)[C@@H](O)C[C@@]43C)cn(C3CC3)c12. The normalized spacial score (nSPS) is 33.8. The molecule has 14 nitrogen and oxygen atoms in total. The summed E-state index contributed by atoms with van der Waals surface area (Å²) in [4.78, 5) is 69.8.